The van der Waals surface area contributed by atoms with Gasteiger partial charge < -0.3 is 9.42 Å². The summed E-state index contributed by atoms with van der Waals surface area (Å²) < 4.78 is 5.31. The highest BCUT2D eigenvalue weighted by molar-refractivity contribution is 5.71. The van der Waals surface area contributed by atoms with E-state index < -0.39 is 0 Å². The Kier molecular flexibility index (Phi) is 4.30. The minimum Gasteiger partial charge on any atom is -0.366 e. The fourth-order valence-corrected chi connectivity index (χ4v) is 3.16. The van der Waals surface area contributed by atoms with E-state index in [4.69, 9.17) is 4.52 Å². The number of nitrogens with zero attached hydrogens (tertiary/aromatic N) is 5. The maximum absolute atomic E-state index is 11.6. The van der Waals surface area contributed by atoms with E-state index in [-0.39, 0.29) is 16.5 Å². The van der Waals surface area contributed by atoms with Gasteiger partial charge in [0, 0.05) is 42.7 Å². The van der Waals surface area contributed by atoms with Crippen LogP contribution in [0.4, 0.5) is 11.4 Å². The van der Waals surface area contributed by atoms with Gasteiger partial charge in [-0.05, 0) is 43.5 Å². The van der Waals surface area contributed by atoms with Crippen molar-refractivity contribution >= 4 is 11.4 Å². The zero-order chi connectivity index (χ0) is 17.9. The predicted molar refractivity (Wildman–Crippen MR) is 95.7 cm³/mol. The number of nitro groups is 1. The van der Waals surface area contributed by atoms with Crippen molar-refractivity contribution in [3.63, 3.8) is 0 Å². The Hall–Kier alpha value is -3.29. The standard InChI is InChI=1S/C18H17N5O3/c24-23(25)16-12-14(4-5-15(16)22-10-2-1-3-11-22)18-20-17(21-26-18)13-6-8-19-9-7-13/h4-9,12H,1-3,10-11H2. The van der Waals surface area contributed by atoms with E-state index in [1.807, 2.05) is 0 Å². The largest absolute Gasteiger partial charge is 0.366 e. The lowest BCUT2D eigenvalue weighted by molar-refractivity contribution is -0.384. The first-order valence-electron chi connectivity index (χ1n) is 8.50. The third kappa shape index (κ3) is 3.13. The van der Waals surface area contributed by atoms with E-state index >= 15 is 0 Å². The Balaban J connectivity index is 1.68. The van der Waals surface area contributed by atoms with Gasteiger partial charge >= 0.3 is 0 Å². The molecule has 1 fully saturated rings. The van der Waals surface area contributed by atoms with Crippen molar-refractivity contribution in [2.45, 2.75) is 19.3 Å². The molecule has 8 nitrogen and oxygen atoms in total. The smallest absolute Gasteiger partial charge is 0.293 e. The number of pyridine rings is 1. The number of anilines is 1. The maximum Gasteiger partial charge on any atom is 0.293 e. The normalized spacial score (nSPS) is 14.4. The van der Waals surface area contributed by atoms with Gasteiger partial charge in [-0.3, -0.25) is 15.1 Å². The molecule has 4 rings (SSSR count). The molecule has 0 radical (unpaired) electrons. The fourth-order valence-electron chi connectivity index (χ4n) is 3.16. The van der Waals surface area contributed by atoms with Crippen molar-refractivity contribution in [1.29, 1.82) is 0 Å². The molecule has 1 aromatic carbocycles. The predicted octanol–water partition coefficient (Wildman–Crippen LogP) is 3.70. The topological polar surface area (TPSA) is 98.2 Å². The summed E-state index contributed by atoms with van der Waals surface area (Å²) in [6.07, 6.45) is 6.56. The van der Waals surface area contributed by atoms with Crippen LogP contribution in [0.3, 0.4) is 0 Å². The second-order valence-corrected chi connectivity index (χ2v) is 6.17. The van der Waals surface area contributed by atoms with Gasteiger partial charge in [-0.15, -0.1) is 0 Å². The Morgan fingerprint density at radius 1 is 1.04 bits per heavy atom. The van der Waals surface area contributed by atoms with E-state index in [2.05, 4.69) is 20.0 Å². The molecular weight excluding hydrogens is 334 g/mol. The van der Waals surface area contributed by atoms with Crippen LogP contribution in [0, 0.1) is 10.1 Å². The van der Waals surface area contributed by atoms with E-state index in [0.29, 0.717) is 17.1 Å². The van der Waals surface area contributed by atoms with Gasteiger partial charge in [-0.1, -0.05) is 5.16 Å². The molecule has 1 aliphatic rings. The molecule has 26 heavy (non-hydrogen) atoms. The second kappa shape index (κ2) is 6.91. The lowest BCUT2D eigenvalue weighted by Gasteiger charge is -2.28. The summed E-state index contributed by atoms with van der Waals surface area (Å²) in [6, 6.07) is 8.62. The van der Waals surface area contributed by atoms with Crippen LogP contribution < -0.4 is 4.90 Å². The van der Waals surface area contributed by atoms with Crippen molar-refractivity contribution in [3.05, 3.63) is 52.8 Å². The SMILES string of the molecule is O=[N+]([O-])c1cc(-c2nc(-c3ccncc3)no2)ccc1N1CCCCC1. The van der Waals surface area contributed by atoms with Crippen LogP contribution in [0.2, 0.25) is 0 Å². The van der Waals surface area contributed by atoms with Crippen LogP contribution in [0.1, 0.15) is 19.3 Å². The van der Waals surface area contributed by atoms with Crippen LogP contribution in [0.15, 0.2) is 47.2 Å². The van der Waals surface area contributed by atoms with Gasteiger partial charge in [-0.25, -0.2) is 0 Å². The average Bonchev–Trinajstić information content (AvgIpc) is 3.19. The highest BCUT2D eigenvalue weighted by Gasteiger charge is 2.23. The van der Waals surface area contributed by atoms with E-state index in [1.54, 1.807) is 36.7 Å². The molecule has 0 N–H and O–H groups in total. The van der Waals surface area contributed by atoms with Gasteiger partial charge in [0.2, 0.25) is 5.82 Å². The fraction of sp³-hybridized carbons (Fsp3) is 0.278. The Morgan fingerprint density at radius 3 is 2.54 bits per heavy atom. The molecule has 0 saturated carbocycles. The minimum absolute atomic E-state index is 0.0630. The molecule has 1 aliphatic heterocycles. The minimum atomic E-state index is -0.354. The van der Waals surface area contributed by atoms with Gasteiger partial charge in [0.05, 0.1) is 4.92 Å². The van der Waals surface area contributed by atoms with Crippen LogP contribution in [-0.2, 0) is 0 Å². The zero-order valence-corrected chi connectivity index (χ0v) is 14.0. The van der Waals surface area contributed by atoms with Gasteiger partial charge in [0.25, 0.3) is 11.6 Å². The summed E-state index contributed by atoms with van der Waals surface area (Å²) in [5.74, 6) is 0.676. The average molecular weight is 351 g/mol. The third-order valence-corrected chi connectivity index (χ3v) is 4.48. The quantitative estimate of drug-likeness (QED) is 0.522. The summed E-state index contributed by atoms with van der Waals surface area (Å²) in [5.41, 5.74) is 2.01. The molecule has 0 spiro atoms. The molecule has 1 saturated heterocycles. The Morgan fingerprint density at radius 2 is 1.81 bits per heavy atom. The summed E-state index contributed by atoms with van der Waals surface area (Å²) in [6.45, 7) is 1.68. The molecule has 0 unspecified atom stereocenters. The summed E-state index contributed by atoms with van der Waals surface area (Å²) in [7, 11) is 0. The number of benzene rings is 1. The first kappa shape index (κ1) is 16.2. The monoisotopic (exact) mass is 351 g/mol. The molecule has 0 amide bonds. The first-order valence-corrected chi connectivity index (χ1v) is 8.50. The summed E-state index contributed by atoms with van der Waals surface area (Å²) in [5, 5.41) is 15.5. The van der Waals surface area contributed by atoms with Gasteiger partial charge in [-0.2, -0.15) is 4.98 Å². The van der Waals surface area contributed by atoms with Crippen molar-refractivity contribution in [2.75, 3.05) is 18.0 Å². The van der Waals surface area contributed by atoms with Crippen molar-refractivity contribution in [1.82, 2.24) is 15.1 Å². The number of piperidine rings is 1. The van der Waals surface area contributed by atoms with Gasteiger partial charge in [0.1, 0.15) is 5.69 Å². The van der Waals surface area contributed by atoms with Crippen LogP contribution in [0.5, 0.6) is 0 Å². The lowest BCUT2D eigenvalue weighted by Crippen LogP contribution is -2.29. The molecule has 2 aromatic heterocycles. The number of nitro benzene ring substituents is 1. The molecule has 132 valence electrons. The molecule has 8 heteroatoms. The van der Waals surface area contributed by atoms with Crippen molar-refractivity contribution < 1.29 is 9.45 Å². The Labute approximate surface area is 149 Å². The second-order valence-electron chi connectivity index (χ2n) is 6.17. The molecule has 3 heterocycles. The number of hydrogen-bond donors (Lipinski definition) is 0. The molecule has 0 aliphatic carbocycles. The third-order valence-electron chi connectivity index (χ3n) is 4.48. The van der Waals surface area contributed by atoms with E-state index in [0.717, 1.165) is 31.5 Å². The van der Waals surface area contributed by atoms with Crippen LogP contribution >= 0.6 is 0 Å². The lowest BCUT2D eigenvalue weighted by atomic mass is 10.1. The molecule has 0 bridgehead atoms. The Bertz CT molecular complexity index is 920. The van der Waals surface area contributed by atoms with Crippen LogP contribution in [0.25, 0.3) is 22.8 Å². The van der Waals surface area contributed by atoms with E-state index in [1.165, 1.54) is 12.5 Å². The molecule has 3 aromatic rings. The highest BCUT2D eigenvalue weighted by Crippen LogP contribution is 2.34. The van der Waals surface area contributed by atoms with Crippen molar-refractivity contribution in [3.8, 4) is 22.8 Å². The van der Waals surface area contributed by atoms with E-state index in [9.17, 15) is 10.1 Å². The van der Waals surface area contributed by atoms with Crippen LogP contribution in [-0.4, -0.2) is 33.1 Å². The highest BCUT2D eigenvalue weighted by atomic mass is 16.6. The summed E-state index contributed by atoms with van der Waals surface area (Å²) >= 11 is 0. The van der Waals surface area contributed by atoms with Gasteiger partial charge in [0.15, 0.2) is 0 Å². The zero-order valence-electron chi connectivity index (χ0n) is 14.0. The maximum atomic E-state index is 11.6. The first-order chi connectivity index (χ1) is 12.7. The number of hydrogen-bond acceptors (Lipinski definition) is 7. The number of rotatable bonds is 4. The molecule has 0 atom stereocenters. The van der Waals surface area contributed by atoms with Crippen molar-refractivity contribution in [2.24, 2.45) is 0 Å². The molecular formula is C18H17N5O3. The summed E-state index contributed by atoms with van der Waals surface area (Å²) in [4.78, 5) is 21.6. The number of aromatic nitrogens is 3.